The van der Waals surface area contributed by atoms with Crippen molar-refractivity contribution in [3.8, 4) is 0 Å². The zero-order valence-electron chi connectivity index (χ0n) is 10.7. The zero-order chi connectivity index (χ0) is 13.0. The number of nitrogens with one attached hydrogen (secondary N) is 2. The van der Waals surface area contributed by atoms with Gasteiger partial charge in [0.2, 0.25) is 0 Å². The molecule has 2 rings (SSSR count). The van der Waals surface area contributed by atoms with E-state index >= 15 is 0 Å². The molecule has 0 aliphatic rings. The molecule has 2 aromatic rings. The highest BCUT2D eigenvalue weighted by Gasteiger charge is 2.20. The van der Waals surface area contributed by atoms with Crippen molar-refractivity contribution in [2.24, 2.45) is 0 Å². The molecule has 0 aliphatic heterocycles. The predicted octanol–water partition coefficient (Wildman–Crippen LogP) is 2.62. The summed E-state index contributed by atoms with van der Waals surface area (Å²) in [5, 5.41) is 3.35. The Morgan fingerprint density at radius 1 is 1.28 bits per heavy atom. The highest BCUT2D eigenvalue weighted by atomic mass is 19.1. The number of hydrogen-bond acceptors (Lipinski definition) is 2. The molecule has 0 saturated carbocycles. The van der Waals surface area contributed by atoms with Gasteiger partial charge in [-0.3, -0.25) is 0 Å². The second-order valence-corrected chi connectivity index (χ2v) is 5.03. The summed E-state index contributed by atoms with van der Waals surface area (Å²) in [6.07, 6.45) is 3.55. The fourth-order valence-corrected chi connectivity index (χ4v) is 1.89. The van der Waals surface area contributed by atoms with Crippen molar-refractivity contribution in [3.63, 3.8) is 0 Å². The largest absolute Gasteiger partial charge is 0.348 e. The lowest BCUT2D eigenvalue weighted by Crippen LogP contribution is -2.32. The van der Waals surface area contributed by atoms with Crippen molar-refractivity contribution in [1.29, 1.82) is 0 Å². The number of aromatic nitrogens is 2. The number of halogens is 1. The minimum atomic E-state index is -0.196. The summed E-state index contributed by atoms with van der Waals surface area (Å²) in [6.45, 7) is 5.78. The third-order valence-electron chi connectivity index (χ3n) is 3.04. The minimum Gasteiger partial charge on any atom is -0.348 e. The summed E-state index contributed by atoms with van der Waals surface area (Å²) in [5.74, 6) is 0.725. The van der Waals surface area contributed by atoms with E-state index in [1.807, 2.05) is 18.3 Å². The van der Waals surface area contributed by atoms with Crippen LogP contribution in [0.25, 0.3) is 0 Å². The molecule has 1 heterocycles. The molecule has 0 fully saturated rings. The predicted molar refractivity (Wildman–Crippen MR) is 69.7 cm³/mol. The van der Waals surface area contributed by atoms with E-state index in [1.54, 1.807) is 6.20 Å². The fraction of sp³-hybridized carbons (Fsp3) is 0.357. The van der Waals surface area contributed by atoms with Crippen LogP contribution in [-0.2, 0) is 12.0 Å². The highest BCUT2D eigenvalue weighted by molar-refractivity contribution is 5.24. The Bertz CT molecular complexity index is 474. The van der Waals surface area contributed by atoms with Gasteiger partial charge in [-0.25, -0.2) is 9.37 Å². The Kier molecular flexibility index (Phi) is 3.77. The first kappa shape index (κ1) is 12.8. The maximum atomic E-state index is 12.9. The average molecular weight is 247 g/mol. The maximum Gasteiger partial charge on any atom is 0.123 e. The van der Waals surface area contributed by atoms with E-state index in [9.17, 15) is 4.39 Å². The van der Waals surface area contributed by atoms with Gasteiger partial charge in [-0.1, -0.05) is 26.0 Å². The van der Waals surface area contributed by atoms with Gasteiger partial charge in [-0.05, 0) is 17.7 Å². The summed E-state index contributed by atoms with van der Waals surface area (Å²) in [6, 6.07) is 6.68. The first-order valence-corrected chi connectivity index (χ1v) is 6.03. The Balaban J connectivity index is 1.92. The van der Waals surface area contributed by atoms with Gasteiger partial charge in [0.1, 0.15) is 11.6 Å². The summed E-state index contributed by atoms with van der Waals surface area (Å²) in [7, 11) is 0. The molecule has 0 bridgehead atoms. The van der Waals surface area contributed by atoms with Crippen LogP contribution in [0, 0.1) is 5.82 Å². The van der Waals surface area contributed by atoms with Crippen LogP contribution < -0.4 is 5.32 Å². The van der Waals surface area contributed by atoms with Gasteiger partial charge >= 0.3 is 0 Å². The number of rotatable bonds is 5. The van der Waals surface area contributed by atoms with Gasteiger partial charge in [0.25, 0.3) is 0 Å². The molecule has 1 aromatic heterocycles. The Hall–Kier alpha value is -1.68. The number of benzene rings is 1. The lowest BCUT2D eigenvalue weighted by molar-refractivity contribution is 0.464. The molecule has 0 amide bonds. The number of nitrogens with zero attached hydrogens (tertiary/aromatic N) is 1. The molecule has 3 nitrogen and oxygen atoms in total. The van der Waals surface area contributed by atoms with E-state index in [0.29, 0.717) is 6.54 Å². The second-order valence-electron chi connectivity index (χ2n) is 5.03. The number of aromatic amines is 1. The van der Waals surface area contributed by atoms with E-state index in [-0.39, 0.29) is 11.2 Å². The molecule has 4 heteroatoms. The third kappa shape index (κ3) is 3.17. The molecule has 96 valence electrons. The zero-order valence-corrected chi connectivity index (χ0v) is 10.7. The number of imidazole rings is 1. The summed E-state index contributed by atoms with van der Waals surface area (Å²) >= 11 is 0. The number of hydrogen-bond donors (Lipinski definition) is 2. The van der Waals surface area contributed by atoms with E-state index in [0.717, 1.165) is 17.9 Å². The molecular weight excluding hydrogens is 229 g/mol. The lowest BCUT2D eigenvalue weighted by Gasteiger charge is -2.25. The van der Waals surface area contributed by atoms with Gasteiger partial charge in [-0.2, -0.15) is 0 Å². The van der Waals surface area contributed by atoms with Crippen molar-refractivity contribution < 1.29 is 4.39 Å². The van der Waals surface area contributed by atoms with Crippen LogP contribution in [0.2, 0.25) is 0 Å². The lowest BCUT2D eigenvalue weighted by atomic mass is 9.84. The molecule has 1 aromatic carbocycles. The van der Waals surface area contributed by atoms with Gasteiger partial charge in [0, 0.05) is 24.4 Å². The van der Waals surface area contributed by atoms with Crippen LogP contribution in [0.15, 0.2) is 36.7 Å². The Morgan fingerprint density at radius 3 is 2.61 bits per heavy atom. The molecule has 0 atom stereocenters. The summed E-state index contributed by atoms with van der Waals surface area (Å²) in [5.41, 5.74) is 1.08. The topological polar surface area (TPSA) is 40.7 Å². The van der Waals surface area contributed by atoms with E-state index in [4.69, 9.17) is 0 Å². The van der Waals surface area contributed by atoms with Gasteiger partial charge < -0.3 is 10.3 Å². The van der Waals surface area contributed by atoms with Crippen molar-refractivity contribution >= 4 is 0 Å². The summed E-state index contributed by atoms with van der Waals surface area (Å²) in [4.78, 5) is 7.20. The van der Waals surface area contributed by atoms with Crippen molar-refractivity contribution in [3.05, 3.63) is 53.9 Å². The molecular formula is C14H18FN3. The van der Waals surface area contributed by atoms with Gasteiger partial charge in [-0.15, -0.1) is 0 Å². The molecule has 0 aliphatic carbocycles. The molecule has 0 saturated heterocycles. The maximum absolute atomic E-state index is 12.9. The smallest absolute Gasteiger partial charge is 0.123 e. The average Bonchev–Trinajstić information content (AvgIpc) is 2.82. The summed E-state index contributed by atoms with van der Waals surface area (Å²) < 4.78 is 12.9. The molecule has 2 N–H and O–H groups in total. The Labute approximate surface area is 106 Å². The molecule has 0 unspecified atom stereocenters. The third-order valence-corrected chi connectivity index (χ3v) is 3.04. The van der Waals surface area contributed by atoms with Crippen molar-refractivity contribution in [2.45, 2.75) is 25.8 Å². The fourth-order valence-electron chi connectivity index (χ4n) is 1.89. The molecule has 0 spiro atoms. The first-order chi connectivity index (χ1) is 8.58. The van der Waals surface area contributed by atoms with Gasteiger partial charge in [0.15, 0.2) is 0 Å². The van der Waals surface area contributed by atoms with Crippen molar-refractivity contribution in [1.82, 2.24) is 15.3 Å². The van der Waals surface area contributed by atoms with E-state index < -0.39 is 0 Å². The minimum absolute atomic E-state index is 0.0414. The Morgan fingerprint density at radius 2 is 2.00 bits per heavy atom. The van der Waals surface area contributed by atoms with Crippen LogP contribution in [0.3, 0.4) is 0 Å². The van der Waals surface area contributed by atoms with E-state index in [1.165, 1.54) is 12.1 Å². The van der Waals surface area contributed by atoms with E-state index in [2.05, 4.69) is 29.1 Å². The first-order valence-electron chi connectivity index (χ1n) is 6.03. The van der Waals surface area contributed by atoms with Gasteiger partial charge in [0.05, 0.1) is 6.54 Å². The standard InChI is InChI=1S/C14H18FN3/c1-14(2,11-3-5-12(15)6-4-11)10-16-9-13-17-7-8-18-13/h3-8,16H,9-10H2,1-2H3,(H,17,18). The van der Waals surface area contributed by atoms with Crippen LogP contribution in [0.1, 0.15) is 25.2 Å². The SMILES string of the molecule is CC(C)(CNCc1ncc[nH]1)c1ccc(F)cc1. The quantitative estimate of drug-likeness (QED) is 0.852. The molecule has 0 radical (unpaired) electrons. The monoisotopic (exact) mass is 247 g/mol. The molecule has 18 heavy (non-hydrogen) atoms. The number of H-pyrrole nitrogens is 1. The van der Waals surface area contributed by atoms with Crippen molar-refractivity contribution in [2.75, 3.05) is 6.54 Å². The second kappa shape index (κ2) is 5.31. The normalized spacial score (nSPS) is 11.7. The van der Waals surface area contributed by atoms with Crippen LogP contribution in [-0.4, -0.2) is 16.5 Å². The highest BCUT2D eigenvalue weighted by Crippen LogP contribution is 2.22. The van der Waals surface area contributed by atoms with Crippen LogP contribution in [0.4, 0.5) is 4.39 Å². The van der Waals surface area contributed by atoms with Crippen LogP contribution in [0.5, 0.6) is 0 Å². The van der Waals surface area contributed by atoms with Crippen LogP contribution >= 0.6 is 0 Å².